The van der Waals surface area contributed by atoms with Gasteiger partial charge in [-0.1, -0.05) is 35.0 Å². The van der Waals surface area contributed by atoms with Crippen molar-refractivity contribution < 1.29 is 4.79 Å². The zero-order valence-corrected chi connectivity index (χ0v) is 12.3. The van der Waals surface area contributed by atoms with E-state index in [4.69, 9.17) is 0 Å². The monoisotopic (exact) mass is 291 g/mol. The van der Waals surface area contributed by atoms with E-state index in [0.29, 0.717) is 11.6 Å². The van der Waals surface area contributed by atoms with Gasteiger partial charge in [0.25, 0.3) is 0 Å². The number of carbonyl (C=O) groups excluding carboxylic acids is 1. The molecule has 1 heterocycles. The van der Waals surface area contributed by atoms with Crippen LogP contribution in [0.1, 0.15) is 29.9 Å². The minimum atomic E-state index is -0.235. The molecule has 0 bridgehead atoms. The summed E-state index contributed by atoms with van der Waals surface area (Å²) in [5.74, 6) is 1.70. The molecule has 0 saturated heterocycles. The number of amides is 1. The Kier molecular flexibility index (Phi) is 5.11. The summed E-state index contributed by atoms with van der Waals surface area (Å²) in [6.45, 7) is 3.89. The van der Waals surface area contributed by atoms with Crippen molar-refractivity contribution in [1.82, 2.24) is 25.9 Å². The number of hydrogen-bond donors (Lipinski definition) is 2. The fraction of sp³-hybridized carbons (Fsp3) is 0.385. The van der Waals surface area contributed by atoms with Gasteiger partial charge in [0.1, 0.15) is 0 Å². The maximum atomic E-state index is 11.8. The second-order valence-electron chi connectivity index (χ2n) is 4.54. The highest BCUT2D eigenvalue weighted by molar-refractivity contribution is 7.99. The highest BCUT2D eigenvalue weighted by Gasteiger charge is 2.13. The summed E-state index contributed by atoms with van der Waals surface area (Å²) in [6.07, 6.45) is 0. The molecular formula is C13H17N5OS. The molecule has 106 valence electrons. The number of carbonyl (C=O) groups is 1. The molecule has 0 aliphatic rings. The van der Waals surface area contributed by atoms with Crippen LogP contribution in [0.2, 0.25) is 0 Å². The lowest BCUT2D eigenvalue weighted by Crippen LogP contribution is -2.28. The van der Waals surface area contributed by atoms with E-state index in [0.717, 1.165) is 5.75 Å². The number of thioether (sulfide) groups is 1. The zero-order valence-electron chi connectivity index (χ0n) is 11.5. The van der Waals surface area contributed by atoms with Crippen LogP contribution in [0.4, 0.5) is 0 Å². The normalized spacial score (nSPS) is 12.1. The maximum Gasteiger partial charge on any atom is 0.230 e. The SMILES string of the molecule is Cc1ccc(CSCC(=O)NC(C)c2nn[nH]n2)cc1. The van der Waals surface area contributed by atoms with Crippen LogP contribution in [-0.2, 0) is 10.5 Å². The molecule has 2 aromatic rings. The average Bonchev–Trinajstić information content (AvgIpc) is 2.95. The summed E-state index contributed by atoms with van der Waals surface area (Å²) in [4.78, 5) is 11.8. The zero-order chi connectivity index (χ0) is 14.4. The molecule has 1 aromatic carbocycles. The van der Waals surface area contributed by atoms with Gasteiger partial charge in [-0.25, -0.2) is 0 Å². The summed E-state index contributed by atoms with van der Waals surface area (Å²) in [6, 6.07) is 8.09. The van der Waals surface area contributed by atoms with Crippen molar-refractivity contribution in [2.75, 3.05) is 5.75 Å². The molecule has 0 radical (unpaired) electrons. The van der Waals surface area contributed by atoms with E-state index in [1.807, 2.05) is 6.92 Å². The van der Waals surface area contributed by atoms with Crippen LogP contribution < -0.4 is 5.32 Å². The van der Waals surface area contributed by atoms with Gasteiger partial charge in [0.2, 0.25) is 5.91 Å². The summed E-state index contributed by atoms with van der Waals surface area (Å²) in [7, 11) is 0. The first-order valence-corrected chi connectivity index (χ1v) is 7.46. The Morgan fingerprint density at radius 1 is 1.40 bits per heavy atom. The van der Waals surface area contributed by atoms with Gasteiger partial charge in [-0.15, -0.1) is 22.0 Å². The number of hydrogen-bond acceptors (Lipinski definition) is 5. The predicted molar refractivity (Wildman–Crippen MR) is 78.1 cm³/mol. The van der Waals surface area contributed by atoms with Gasteiger partial charge in [-0.2, -0.15) is 5.21 Å². The highest BCUT2D eigenvalue weighted by Crippen LogP contribution is 2.13. The number of rotatable bonds is 6. The van der Waals surface area contributed by atoms with E-state index in [1.54, 1.807) is 11.8 Å². The number of tetrazole rings is 1. The number of nitrogens with zero attached hydrogens (tertiary/aromatic N) is 3. The number of benzene rings is 1. The van der Waals surface area contributed by atoms with E-state index in [1.165, 1.54) is 11.1 Å². The Morgan fingerprint density at radius 2 is 2.15 bits per heavy atom. The van der Waals surface area contributed by atoms with Crippen molar-refractivity contribution >= 4 is 17.7 Å². The standard InChI is InChI=1S/C13H17N5OS/c1-9-3-5-11(6-4-9)7-20-8-12(19)14-10(2)13-15-17-18-16-13/h3-6,10H,7-8H2,1-2H3,(H,14,19)(H,15,16,17,18). The van der Waals surface area contributed by atoms with Crippen LogP contribution in [0.25, 0.3) is 0 Å². The topological polar surface area (TPSA) is 83.6 Å². The van der Waals surface area contributed by atoms with E-state index < -0.39 is 0 Å². The first-order chi connectivity index (χ1) is 9.65. The molecule has 2 N–H and O–H groups in total. The highest BCUT2D eigenvalue weighted by atomic mass is 32.2. The molecule has 0 saturated carbocycles. The number of aromatic nitrogens is 4. The van der Waals surface area contributed by atoms with Crippen molar-refractivity contribution in [3.05, 3.63) is 41.2 Å². The Bertz CT molecular complexity index is 540. The third kappa shape index (κ3) is 4.34. The number of aryl methyl sites for hydroxylation is 1. The molecule has 20 heavy (non-hydrogen) atoms. The molecule has 6 nitrogen and oxygen atoms in total. The second-order valence-corrected chi connectivity index (χ2v) is 5.52. The largest absolute Gasteiger partial charge is 0.345 e. The van der Waals surface area contributed by atoms with Crippen LogP contribution in [-0.4, -0.2) is 32.3 Å². The van der Waals surface area contributed by atoms with Crippen LogP contribution in [0.3, 0.4) is 0 Å². The molecule has 0 aliphatic carbocycles. The van der Waals surface area contributed by atoms with Crippen molar-refractivity contribution in [3.63, 3.8) is 0 Å². The van der Waals surface area contributed by atoms with Crippen molar-refractivity contribution in [2.24, 2.45) is 0 Å². The molecular weight excluding hydrogens is 274 g/mol. The summed E-state index contributed by atoms with van der Waals surface area (Å²) in [5.41, 5.74) is 2.46. The molecule has 1 atom stereocenters. The first kappa shape index (κ1) is 14.5. The Labute approximate surface area is 121 Å². The lowest BCUT2D eigenvalue weighted by molar-refractivity contribution is -0.119. The third-order valence-electron chi connectivity index (χ3n) is 2.75. The van der Waals surface area contributed by atoms with Crippen molar-refractivity contribution in [2.45, 2.75) is 25.6 Å². The third-order valence-corrected chi connectivity index (χ3v) is 3.75. The van der Waals surface area contributed by atoms with E-state index >= 15 is 0 Å². The Balaban J connectivity index is 1.71. The van der Waals surface area contributed by atoms with Gasteiger partial charge in [0.05, 0.1) is 11.8 Å². The van der Waals surface area contributed by atoms with E-state index in [9.17, 15) is 4.79 Å². The number of H-pyrrole nitrogens is 1. The summed E-state index contributed by atoms with van der Waals surface area (Å²) >= 11 is 1.58. The molecule has 0 spiro atoms. The quantitative estimate of drug-likeness (QED) is 0.845. The van der Waals surface area contributed by atoms with E-state index in [-0.39, 0.29) is 11.9 Å². The molecule has 1 aromatic heterocycles. The number of aromatic amines is 1. The van der Waals surface area contributed by atoms with Crippen LogP contribution in [0.15, 0.2) is 24.3 Å². The first-order valence-electron chi connectivity index (χ1n) is 6.31. The lowest BCUT2D eigenvalue weighted by atomic mass is 10.2. The molecule has 2 rings (SSSR count). The van der Waals surface area contributed by atoms with Gasteiger partial charge in [-0.05, 0) is 19.4 Å². The summed E-state index contributed by atoms with van der Waals surface area (Å²) in [5, 5.41) is 16.3. The average molecular weight is 291 g/mol. The van der Waals surface area contributed by atoms with Crippen molar-refractivity contribution in [1.29, 1.82) is 0 Å². The fourth-order valence-electron chi connectivity index (χ4n) is 1.65. The van der Waals surface area contributed by atoms with Gasteiger partial charge < -0.3 is 5.32 Å². The minimum absolute atomic E-state index is 0.0283. The maximum absolute atomic E-state index is 11.8. The lowest BCUT2D eigenvalue weighted by Gasteiger charge is -2.09. The van der Waals surface area contributed by atoms with E-state index in [2.05, 4.69) is 57.1 Å². The number of nitrogens with one attached hydrogen (secondary N) is 2. The Morgan fingerprint density at radius 3 is 2.80 bits per heavy atom. The van der Waals surface area contributed by atoms with Gasteiger partial charge in [0, 0.05) is 5.75 Å². The molecule has 1 unspecified atom stereocenters. The van der Waals surface area contributed by atoms with Crippen LogP contribution in [0.5, 0.6) is 0 Å². The van der Waals surface area contributed by atoms with Gasteiger partial charge in [-0.3, -0.25) is 4.79 Å². The molecule has 7 heteroatoms. The molecule has 0 fully saturated rings. The van der Waals surface area contributed by atoms with Crippen LogP contribution >= 0.6 is 11.8 Å². The predicted octanol–water partition coefficient (Wildman–Crippen LogP) is 1.62. The minimum Gasteiger partial charge on any atom is -0.345 e. The Hall–Kier alpha value is -1.89. The van der Waals surface area contributed by atoms with Crippen LogP contribution in [0, 0.1) is 6.92 Å². The smallest absolute Gasteiger partial charge is 0.230 e. The molecule has 0 aliphatic heterocycles. The van der Waals surface area contributed by atoms with Gasteiger partial charge in [0.15, 0.2) is 5.82 Å². The second kappa shape index (κ2) is 7.04. The molecule has 1 amide bonds. The van der Waals surface area contributed by atoms with Crippen molar-refractivity contribution in [3.8, 4) is 0 Å². The summed E-state index contributed by atoms with van der Waals surface area (Å²) < 4.78 is 0. The van der Waals surface area contributed by atoms with Gasteiger partial charge >= 0.3 is 0 Å². The fourth-order valence-corrected chi connectivity index (χ4v) is 2.45.